The van der Waals surface area contributed by atoms with E-state index in [1.54, 1.807) is 0 Å². The first-order valence-corrected chi connectivity index (χ1v) is 20.3. The first-order valence-electron chi connectivity index (χ1n) is 20.3. The number of rotatable bonds is 9. The molecule has 0 amide bonds. The van der Waals surface area contributed by atoms with Crippen molar-refractivity contribution in [1.29, 1.82) is 0 Å². The lowest BCUT2D eigenvalue weighted by Crippen LogP contribution is -2.13. The van der Waals surface area contributed by atoms with Crippen molar-refractivity contribution in [1.82, 2.24) is 0 Å². The molecule has 10 aromatic rings. The molecule has 0 N–H and O–H groups in total. The van der Waals surface area contributed by atoms with E-state index in [9.17, 15) is 0 Å². The predicted octanol–water partition coefficient (Wildman–Crippen LogP) is 16.3. The molecule has 0 spiro atoms. The van der Waals surface area contributed by atoms with E-state index >= 15 is 0 Å². The lowest BCUT2D eigenvalue weighted by molar-refractivity contribution is 1.28. The van der Waals surface area contributed by atoms with E-state index in [2.05, 4.69) is 254 Å². The largest absolute Gasteiger partial charge is 0.309 e. The van der Waals surface area contributed by atoms with Crippen molar-refractivity contribution >= 4 is 27.8 Å². The third-order valence-electron chi connectivity index (χ3n) is 11.3. The minimum absolute atomic E-state index is 1.08. The molecule has 0 aromatic heterocycles. The van der Waals surface area contributed by atoms with Crippen molar-refractivity contribution in [2.45, 2.75) is 0 Å². The number of para-hydroxylation sites is 1. The van der Waals surface area contributed by atoms with Gasteiger partial charge in [-0.3, -0.25) is 0 Å². The zero-order valence-electron chi connectivity index (χ0n) is 32.6. The van der Waals surface area contributed by atoms with Crippen LogP contribution in [0.25, 0.3) is 77.5 Å². The van der Waals surface area contributed by atoms with Gasteiger partial charge in [0.2, 0.25) is 0 Å². The molecule has 0 bridgehead atoms. The van der Waals surface area contributed by atoms with Gasteiger partial charge in [0.25, 0.3) is 0 Å². The highest BCUT2D eigenvalue weighted by molar-refractivity contribution is 6.03. The van der Waals surface area contributed by atoms with E-state index < -0.39 is 0 Å². The molecule has 0 radical (unpaired) electrons. The van der Waals surface area contributed by atoms with E-state index in [1.165, 1.54) is 72.0 Å². The summed E-state index contributed by atoms with van der Waals surface area (Å²) in [7, 11) is 0. The van der Waals surface area contributed by atoms with E-state index in [0.717, 1.165) is 22.6 Å². The Hall–Kier alpha value is -7.74. The lowest BCUT2D eigenvalue weighted by atomic mass is 9.87. The second-order valence-corrected chi connectivity index (χ2v) is 14.8. The number of anilines is 3. The molecule has 59 heavy (non-hydrogen) atoms. The van der Waals surface area contributed by atoms with Crippen LogP contribution in [0, 0.1) is 0 Å². The molecule has 0 aliphatic heterocycles. The Kier molecular flexibility index (Phi) is 9.68. The van der Waals surface area contributed by atoms with Crippen LogP contribution in [0.3, 0.4) is 0 Å². The van der Waals surface area contributed by atoms with Gasteiger partial charge in [-0.1, -0.05) is 224 Å². The van der Waals surface area contributed by atoms with Gasteiger partial charge >= 0.3 is 0 Å². The van der Waals surface area contributed by atoms with Gasteiger partial charge in [0.1, 0.15) is 0 Å². The van der Waals surface area contributed by atoms with Gasteiger partial charge in [0.15, 0.2) is 0 Å². The molecule has 0 atom stereocenters. The van der Waals surface area contributed by atoms with Crippen LogP contribution in [0.15, 0.2) is 249 Å². The smallest absolute Gasteiger partial charge is 0.0546 e. The van der Waals surface area contributed by atoms with Crippen molar-refractivity contribution in [3.05, 3.63) is 249 Å². The van der Waals surface area contributed by atoms with E-state index in [-0.39, 0.29) is 0 Å². The van der Waals surface area contributed by atoms with Gasteiger partial charge in [0.05, 0.1) is 11.4 Å². The summed E-state index contributed by atoms with van der Waals surface area (Å²) >= 11 is 0. The topological polar surface area (TPSA) is 3.24 Å². The molecule has 0 aliphatic carbocycles. The third kappa shape index (κ3) is 7.01. The van der Waals surface area contributed by atoms with Gasteiger partial charge in [-0.25, -0.2) is 0 Å². The van der Waals surface area contributed by atoms with Crippen LogP contribution in [-0.2, 0) is 0 Å². The van der Waals surface area contributed by atoms with Crippen molar-refractivity contribution in [2.24, 2.45) is 0 Å². The Balaban J connectivity index is 1.15. The lowest BCUT2D eigenvalue weighted by Gasteiger charge is -2.31. The van der Waals surface area contributed by atoms with E-state index in [0.29, 0.717) is 0 Å². The first kappa shape index (κ1) is 35.7. The van der Waals surface area contributed by atoms with Crippen LogP contribution in [0.4, 0.5) is 17.1 Å². The van der Waals surface area contributed by atoms with Gasteiger partial charge < -0.3 is 4.90 Å². The number of benzene rings is 10. The highest BCUT2D eigenvalue weighted by Crippen LogP contribution is 2.49. The second-order valence-electron chi connectivity index (χ2n) is 14.8. The summed E-state index contributed by atoms with van der Waals surface area (Å²) in [5.41, 5.74) is 17.5. The summed E-state index contributed by atoms with van der Waals surface area (Å²) in [6, 6.07) is 89.8. The highest BCUT2D eigenvalue weighted by atomic mass is 15.1. The minimum atomic E-state index is 1.08. The number of nitrogens with zero attached hydrogens (tertiary/aromatic N) is 1. The second kappa shape index (κ2) is 16.0. The average molecular weight is 752 g/mol. The zero-order valence-corrected chi connectivity index (χ0v) is 32.6. The van der Waals surface area contributed by atoms with Crippen molar-refractivity contribution in [3.8, 4) is 66.8 Å². The van der Waals surface area contributed by atoms with Crippen LogP contribution in [0.2, 0.25) is 0 Å². The molecule has 1 nitrogen and oxygen atoms in total. The normalized spacial score (nSPS) is 11.1. The summed E-state index contributed by atoms with van der Waals surface area (Å²) in [4.78, 5) is 2.46. The Labute approximate surface area is 346 Å². The number of hydrogen-bond acceptors (Lipinski definition) is 1. The third-order valence-corrected chi connectivity index (χ3v) is 11.3. The van der Waals surface area contributed by atoms with Gasteiger partial charge in [0, 0.05) is 16.8 Å². The molecule has 0 saturated carbocycles. The summed E-state index contributed by atoms with van der Waals surface area (Å²) in [5.74, 6) is 0. The molecule has 10 rings (SSSR count). The highest BCUT2D eigenvalue weighted by Gasteiger charge is 2.24. The molecule has 0 fully saturated rings. The van der Waals surface area contributed by atoms with E-state index in [1.807, 2.05) is 0 Å². The van der Waals surface area contributed by atoms with Gasteiger partial charge in [-0.2, -0.15) is 0 Å². The van der Waals surface area contributed by atoms with Crippen LogP contribution in [0.1, 0.15) is 0 Å². The zero-order chi connectivity index (χ0) is 39.4. The fourth-order valence-electron chi connectivity index (χ4n) is 8.50. The number of hydrogen-bond donors (Lipinski definition) is 0. The molecule has 278 valence electrons. The maximum Gasteiger partial charge on any atom is 0.0546 e. The fraction of sp³-hybridized carbons (Fsp3) is 0. The molecular weight excluding hydrogens is 711 g/mol. The standard InChI is InChI=1S/C58H41N/c1-4-18-44(19-5-1)52-27-12-13-29-55(52)58-54(47-22-8-3-9-23-47)31-17-33-57(58)59(56-32-15-14-28-53(56)46-20-6-2-7-21-46)49-40-38-43(39-41-49)42-34-36-48(37-35-42)51-30-16-25-45-24-10-11-26-50(45)51/h1-41H. The number of fused-ring (bicyclic) bond motifs is 1. The summed E-state index contributed by atoms with van der Waals surface area (Å²) in [5, 5.41) is 2.52. The SMILES string of the molecule is c1ccc(-c2ccccc2-c2c(-c3ccccc3)cccc2N(c2ccc(-c3ccc(-c4cccc5ccccc45)cc3)cc2)c2ccccc2-c2ccccc2)cc1. The predicted molar refractivity (Wildman–Crippen MR) is 251 cm³/mol. The van der Waals surface area contributed by atoms with Gasteiger partial charge in [-0.05, 0) is 90.7 Å². The molecule has 0 aliphatic rings. The molecule has 1 heteroatoms. The molecular formula is C58H41N. The van der Waals surface area contributed by atoms with Crippen LogP contribution < -0.4 is 4.90 Å². The first-order chi connectivity index (χ1) is 29.3. The monoisotopic (exact) mass is 751 g/mol. The van der Waals surface area contributed by atoms with Crippen molar-refractivity contribution in [2.75, 3.05) is 4.90 Å². The quantitative estimate of drug-likeness (QED) is 0.142. The molecule has 0 unspecified atom stereocenters. The van der Waals surface area contributed by atoms with Crippen molar-refractivity contribution in [3.63, 3.8) is 0 Å². The summed E-state index contributed by atoms with van der Waals surface area (Å²) in [6.07, 6.45) is 0. The van der Waals surface area contributed by atoms with Crippen LogP contribution >= 0.6 is 0 Å². The fourth-order valence-corrected chi connectivity index (χ4v) is 8.50. The molecule has 0 heterocycles. The van der Waals surface area contributed by atoms with E-state index in [4.69, 9.17) is 0 Å². The maximum atomic E-state index is 2.46. The minimum Gasteiger partial charge on any atom is -0.309 e. The Morgan fingerprint density at radius 2 is 0.627 bits per heavy atom. The molecule has 0 saturated heterocycles. The van der Waals surface area contributed by atoms with Crippen LogP contribution in [-0.4, -0.2) is 0 Å². The Morgan fingerprint density at radius 1 is 0.220 bits per heavy atom. The maximum absolute atomic E-state index is 2.46. The summed E-state index contributed by atoms with van der Waals surface area (Å²) in [6.45, 7) is 0. The Bertz CT molecular complexity index is 3000. The average Bonchev–Trinajstić information content (AvgIpc) is 3.33. The van der Waals surface area contributed by atoms with Gasteiger partial charge in [-0.15, -0.1) is 0 Å². The summed E-state index contributed by atoms with van der Waals surface area (Å²) < 4.78 is 0. The Morgan fingerprint density at radius 3 is 1.31 bits per heavy atom. The van der Waals surface area contributed by atoms with Crippen molar-refractivity contribution < 1.29 is 0 Å². The molecule has 10 aromatic carbocycles. The van der Waals surface area contributed by atoms with Crippen LogP contribution in [0.5, 0.6) is 0 Å².